The number of ether oxygens (including phenoxy) is 2. The average Bonchev–Trinajstić information content (AvgIpc) is 3.58. The molecule has 2 aromatic carbocycles. The van der Waals surface area contributed by atoms with E-state index in [1.165, 1.54) is 9.80 Å². The second-order valence-electron chi connectivity index (χ2n) is 8.46. The summed E-state index contributed by atoms with van der Waals surface area (Å²) in [5.41, 5.74) is 1.77. The van der Waals surface area contributed by atoms with Gasteiger partial charge in [-0.3, -0.25) is 9.80 Å². The first kappa shape index (κ1) is 26.5. The van der Waals surface area contributed by atoms with Crippen molar-refractivity contribution in [3.8, 4) is 0 Å². The second kappa shape index (κ2) is 13.1. The minimum Gasteiger partial charge on any atom is -0.480 e. The minimum atomic E-state index is -0.968. The molecule has 2 N–H and O–H groups in total. The number of hydrogen-bond acceptors (Lipinski definition) is 6. The molecule has 0 spiro atoms. The minimum absolute atomic E-state index is 0.169. The van der Waals surface area contributed by atoms with Crippen molar-refractivity contribution in [2.45, 2.75) is 51.0 Å². The van der Waals surface area contributed by atoms with Crippen LogP contribution >= 0.6 is 0 Å². The van der Waals surface area contributed by atoms with Crippen LogP contribution in [0, 0.1) is 0 Å². The molecule has 36 heavy (non-hydrogen) atoms. The van der Waals surface area contributed by atoms with Crippen molar-refractivity contribution in [3.05, 3.63) is 71.8 Å². The first-order chi connectivity index (χ1) is 17.4. The fourth-order valence-corrected chi connectivity index (χ4v) is 4.09. The van der Waals surface area contributed by atoms with Gasteiger partial charge in [0.25, 0.3) is 0 Å². The van der Waals surface area contributed by atoms with E-state index < -0.39 is 36.2 Å². The molecule has 0 unspecified atom stereocenters. The summed E-state index contributed by atoms with van der Waals surface area (Å²) in [5.74, 6) is -1.94. The summed E-state index contributed by atoms with van der Waals surface area (Å²) in [7, 11) is 0. The standard InChI is InChI=1S/2C13H15NO4/c2*15-12(16)11-7-4-8-14(11)13(17)18-9-10-5-2-1-3-6-10/h2*1-3,5-6,11H,4,7-9H2,(H,15,16)/t2*11-/m00/s1. The van der Waals surface area contributed by atoms with Gasteiger partial charge in [-0.1, -0.05) is 60.7 Å². The van der Waals surface area contributed by atoms with E-state index in [1.807, 2.05) is 60.7 Å². The number of amides is 2. The molecule has 2 fully saturated rings. The normalized spacial score (nSPS) is 18.7. The van der Waals surface area contributed by atoms with Gasteiger partial charge in [0.2, 0.25) is 0 Å². The van der Waals surface area contributed by atoms with Gasteiger partial charge >= 0.3 is 24.1 Å². The Morgan fingerprint density at radius 3 is 1.36 bits per heavy atom. The fraction of sp³-hybridized carbons (Fsp3) is 0.385. The number of rotatable bonds is 6. The number of carboxylic acids is 2. The Kier molecular flexibility index (Phi) is 9.67. The van der Waals surface area contributed by atoms with Crippen LogP contribution in [0.4, 0.5) is 9.59 Å². The lowest BCUT2D eigenvalue weighted by molar-refractivity contribution is -0.142. The van der Waals surface area contributed by atoms with Gasteiger partial charge in [0, 0.05) is 13.1 Å². The monoisotopic (exact) mass is 498 g/mol. The van der Waals surface area contributed by atoms with E-state index in [9.17, 15) is 19.2 Å². The average molecular weight is 499 g/mol. The van der Waals surface area contributed by atoms with Gasteiger partial charge in [-0.2, -0.15) is 0 Å². The van der Waals surface area contributed by atoms with Crippen molar-refractivity contribution in [1.29, 1.82) is 0 Å². The van der Waals surface area contributed by atoms with Crippen molar-refractivity contribution in [3.63, 3.8) is 0 Å². The summed E-state index contributed by atoms with van der Waals surface area (Å²) < 4.78 is 10.2. The maximum Gasteiger partial charge on any atom is 0.410 e. The van der Waals surface area contributed by atoms with Crippen LogP contribution in [0.2, 0.25) is 0 Å². The first-order valence-electron chi connectivity index (χ1n) is 11.8. The van der Waals surface area contributed by atoms with E-state index in [-0.39, 0.29) is 13.2 Å². The predicted molar refractivity (Wildman–Crippen MR) is 128 cm³/mol. The van der Waals surface area contributed by atoms with Crippen LogP contribution in [0.5, 0.6) is 0 Å². The molecule has 2 amide bonds. The summed E-state index contributed by atoms with van der Waals surface area (Å²) in [4.78, 5) is 48.0. The van der Waals surface area contributed by atoms with Crippen molar-refractivity contribution in [1.82, 2.24) is 9.80 Å². The zero-order valence-electron chi connectivity index (χ0n) is 19.8. The molecule has 10 heteroatoms. The molecule has 2 atom stereocenters. The fourth-order valence-electron chi connectivity index (χ4n) is 4.09. The molecule has 0 radical (unpaired) electrons. The van der Waals surface area contributed by atoms with Crippen molar-refractivity contribution < 1.29 is 38.9 Å². The first-order valence-corrected chi connectivity index (χ1v) is 11.8. The predicted octanol–water partition coefficient (Wildman–Crippen LogP) is 3.74. The molecular weight excluding hydrogens is 468 g/mol. The largest absolute Gasteiger partial charge is 0.480 e. The third-order valence-corrected chi connectivity index (χ3v) is 5.96. The third-order valence-electron chi connectivity index (χ3n) is 5.96. The molecule has 2 aromatic rings. The highest BCUT2D eigenvalue weighted by Crippen LogP contribution is 2.20. The Labute approximate surface area is 209 Å². The molecule has 0 bridgehead atoms. The van der Waals surface area contributed by atoms with E-state index in [4.69, 9.17) is 19.7 Å². The summed E-state index contributed by atoms with van der Waals surface area (Å²) in [6, 6.07) is 17.1. The van der Waals surface area contributed by atoms with Gasteiger partial charge in [-0.05, 0) is 36.8 Å². The van der Waals surface area contributed by atoms with Gasteiger partial charge < -0.3 is 19.7 Å². The van der Waals surface area contributed by atoms with Crippen LogP contribution in [0.25, 0.3) is 0 Å². The van der Waals surface area contributed by atoms with Crippen LogP contribution in [0.3, 0.4) is 0 Å². The Balaban J connectivity index is 0.000000201. The highest BCUT2D eigenvalue weighted by molar-refractivity contribution is 5.81. The molecule has 0 saturated carbocycles. The van der Waals surface area contributed by atoms with Gasteiger partial charge in [0.1, 0.15) is 25.3 Å². The summed E-state index contributed by atoms with van der Waals surface area (Å²) in [6.45, 7) is 1.24. The van der Waals surface area contributed by atoms with Crippen molar-refractivity contribution >= 4 is 24.1 Å². The molecule has 0 aromatic heterocycles. The zero-order valence-corrected chi connectivity index (χ0v) is 19.8. The Bertz CT molecular complexity index is 947. The second-order valence-corrected chi connectivity index (χ2v) is 8.46. The number of hydrogen-bond donors (Lipinski definition) is 2. The van der Waals surface area contributed by atoms with Crippen LogP contribution in [0.15, 0.2) is 60.7 Å². The van der Waals surface area contributed by atoms with Crippen LogP contribution in [-0.4, -0.2) is 69.3 Å². The van der Waals surface area contributed by atoms with Crippen LogP contribution in [-0.2, 0) is 32.3 Å². The number of carbonyl (C=O) groups is 4. The molecule has 4 rings (SSSR count). The Morgan fingerprint density at radius 2 is 1.03 bits per heavy atom. The lowest BCUT2D eigenvalue weighted by atomic mass is 10.2. The van der Waals surface area contributed by atoms with Crippen LogP contribution in [0.1, 0.15) is 36.8 Å². The number of aliphatic carboxylic acids is 2. The number of nitrogens with zero attached hydrogens (tertiary/aromatic N) is 2. The molecule has 2 saturated heterocycles. The lowest BCUT2D eigenvalue weighted by Gasteiger charge is -2.20. The number of likely N-dealkylation sites (tertiary alicyclic amines) is 2. The van der Waals surface area contributed by atoms with Gasteiger partial charge in [-0.25, -0.2) is 19.2 Å². The highest BCUT2D eigenvalue weighted by Gasteiger charge is 2.35. The SMILES string of the molecule is O=C(O)[C@@H]1CCCN1C(=O)OCc1ccccc1.O=C(O)[C@@H]1CCCN1C(=O)OCc1ccccc1. The lowest BCUT2D eigenvalue weighted by Crippen LogP contribution is -2.40. The smallest absolute Gasteiger partial charge is 0.410 e. The van der Waals surface area contributed by atoms with Crippen molar-refractivity contribution in [2.75, 3.05) is 13.1 Å². The summed E-state index contributed by atoms with van der Waals surface area (Å²) >= 11 is 0. The van der Waals surface area contributed by atoms with Gasteiger partial charge in [-0.15, -0.1) is 0 Å². The number of carbonyl (C=O) groups excluding carboxylic acids is 2. The Hall–Kier alpha value is -4.08. The molecule has 2 aliphatic heterocycles. The van der Waals surface area contributed by atoms with Gasteiger partial charge in [0.15, 0.2) is 0 Å². The third kappa shape index (κ3) is 7.46. The topological polar surface area (TPSA) is 134 Å². The molecule has 10 nitrogen and oxygen atoms in total. The highest BCUT2D eigenvalue weighted by atomic mass is 16.6. The molecule has 0 aliphatic carbocycles. The maximum atomic E-state index is 11.8. The number of benzene rings is 2. The summed E-state index contributed by atoms with van der Waals surface area (Å²) in [5, 5.41) is 17.9. The number of carboxylic acid groups (broad SMARTS) is 2. The van der Waals surface area contributed by atoms with E-state index in [0.717, 1.165) is 11.1 Å². The zero-order chi connectivity index (χ0) is 25.9. The van der Waals surface area contributed by atoms with E-state index in [0.29, 0.717) is 38.8 Å². The van der Waals surface area contributed by atoms with Crippen molar-refractivity contribution in [2.24, 2.45) is 0 Å². The molecular formula is C26H30N2O8. The molecule has 2 heterocycles. The molecule has 2 aliphatic rings. The maximum absolute atomic E-state index is 11.8. The van der Waals surface area contributed by atoms with E-state index >= 15 is 0 Å². The molecule has 192 valence electrons. The summed E-state index contributed by atoms with van der Waals surface area (Å²) in [6.07, 6.45) is 1.30. The van der Waals surface area contributed by atoms with E-state index in [2.05, 4.69) is 0 Å². The van der Waals surface area contributed by atoms with E-state index in [1.54, 1.807) is 0 Å². The Morgan fingerprint density at radius 1 is 0.667 bits per heavy atom. The quantitative estimate of drug-likeness (QED) is 0.615. The van der Waals surface area contributed by atoms with Gasteiger partial charge in [0.05, 0.1) is 0 Å². The van der Waals surface area contributed by atoms with Crippen LogP contribution < -0.4 is 0 Å².